The Morgan fingerprint density at radius 3 is 2.57 bits per heavy atom. The average molecular weight is 304 g/mol. The monoisotopic (exact) mass is 304 g/mol. The molecule has 2 aromatic rings. The molecule has 0 saturated carbocycles. The van der Waals surface area contributed by atoms with Crippen LogP contribution in [0.5, 0.6) is 0 Å². The number of benzene rings is 1. The van der Waals surface area contributed by atoms with Gasteiger partial charge in [0.2, 0.25) is 0 Å². The van der Waals surface area contributed by atoms with Crippen molar-refractivity contribution >= 4 is 23.4 Å². The van der Waals surface area contributed by atoms with E-state index >= 15 is 0 Å². The van der Waals surface area contributed by atoms with Crippen LogP contribution >= 0.6 is 11.5 Å². The van der Waals surface area contributed by atoms with Crippen LogP contribution in [0.25, 0.3) is 0 Å². The molecule has 1 N–H and O–H groups in total. The molecule has 1 heterocycles. The zero-order valence-corrected chi connectivity index (χ0v) is 12.5. The molecule has 110 valence electrons. The molecule has 0 spiro atoms. The predicted molar refractivity (Wildman–Crippen MR) is 80.5 cm³/mol. The molecule has 1 amide bonds. The summed E-state index contributed by atoms with van der Waals surface area (Å²) in [5.41, 5.74) is 2.19. The largest absolute Gasteiger partial charge is 0.480 e. The Balaban J connectivity index is 2.09. The van der Waals surface area contributed by atoms with Gasteiger partial charge in [0.1, 0.15) is 6.54 Å². The van der Waals surface area contributed by atoms with Gasteiger partial charge in [-0.2, -0.15) is 4.37 Å². The molecule has 0 unspecified atom stereocenters. The summed E-state index contributed by atoms with van der Waals surface area (Å²) >= 11 is 1.20. The van der Waals surface area contributed by atoms with E-state index < -0.39 is 5.97 Å². The first-order valence-corrected chi connectivity index (χ1v) is 7.37. The summed E-state index contributed by atoms with van der Waals surface area (Å²) in [5, 5.41) is 10.7. The van der Waals surface area contributed by atoms with Crippen molar-refractivity contribution < 1.29 is 14.7 Å². The van der Waals surface area contributed by atoms with Crippen molar-refractivity contribution in [2.45, 2.75) is 13.3 Å². The molecule has 0 fully saturated rings. The lowest BCUT2D eigenvalue weighted by Crippen LogP contribution is -2.37. The molecule has 0 aliphatic rings. The van der Waals surface area contributed by atoms with Gasteiger partial charge < -0.3 is 10.0 Å². The predicted octanol–water partition coefficient (Wildman–Crippen LogP) is 2.22. The Labute approximate surface area is 127 Å². The molecule has 0 radical (unpaired) electrons. The van der Waals surface area contributed by atoms with E-state index in [0.29, 0.717) is 24.2 Å². The highest BCUT2D eigenvalue weighted by Gasteiger charge is 2.21. The van der Waals surface area contributed by atoms with Crippen molar-refractivity contribution in [1.82, 2.24) is 9.27 Å². The lowest BCUT2D eigenvalue weighted by atomic mass is 10.1. The molecule has 6 heteroatoms. The van der Waals surface area contributed by atoms with Crippen LogP contribution in [0.15, 0.2) is 35.7 Å². The maximum Gasteiger partial charge on any atom is 0.323 e. The first-order valence-electron chi connectivity index (χ1n) is 6.54. The van der Waals surface area contributed by atoms with Crippen LogP contribution in [-0.4, -0.2) is 39.3 Å². The van der Waals surface area contributed by atoms with Crippen molar-refractivity contribution in [3.8, 4) is 0 Å². The van der Waals surface area contributed by atoms with Crippen molar-refractivity contribution in [3.63, 3.8) is 0 Å². The highest BCUT2D eigenvalue weighted by Crippen LogP contribution is 2.13. The highest BCUT2D eigenvalue weighted by atomic mass is 32.1. The minimum Gasteiger partial charge on any atom is -0.480 e. The lowest BCUT2D eigenvalue weighted by molar-refractivity contribution is -0.137. The lowest BCUT2D eigenvalue weighted by Gasteiger charge is -2.20. The quantitative estimate of drug-likeness (QED) is 0.888. The molecular weight excluding hydrogens is 288 g/mol. The third-order valence-electron chi connectivity index (χ3n) is 3.11. The smallest absolute Gasteiger partial charge is 0.323 e. The Bertz CT molecular complexity index is 625. The second-order valence-electron chi connectivity index (χ2n) is 4.67. The van der Waals surface area contributed by atoms with Crippen LogP contribution in [-0.2, 0) is 11.2 Å². The van der Waals surface area contributed by atoms with Gasteiger partial charge in [0.05, 0.1) is 11.3 Å². The highest BCUT2D eigenvalue weighted by molar-refractivity contribution is 7.03. The number of carbonyl (C=O) groups excluding carboxylic acids is 1. The van der Waals surface area contributed by atoms with Crippen molar-refractivity contribution in [3.05, 3.63) is 52.5 Å². The van der Waals surface area contributed by atoms with Gasteiger partial charge in [-0.3, -0.25) is 9.59 Å². The fourth-order valence-electron chi connectivity index (χ4n) is 1.99. The number of hydrogen-bond acceptors (Lipinski definition) is 4. The molecule has 0 aliphatic carbocycles. The fraction of sp³-hybridized carbons (Fsp3) is 0.267. The second kappa shape index (κ2) is 6.99. The zero-order valence-electron chi connectivity index (χ0n) is 11.7. The number of aryl methyl sites for hydroxylation is 1. The van der Waals surface area contributed by atoms with Crippen LogP contribution in [0.3, 0.4) is 0 Å². The van der Waals surface area contributed by atoms with E-state index in [-0.39, 0.29) is 12.5 Å². The third-order valence-corrected chi connectivity index (χ3v) is 3.83. The average Bonchev–Trinajstić information content (AvgIpc) is 2.89. The van der Waals surface area contributed by atoms with E-state index in [1.54, 1.807) is 12.3 Å². The van der Waals surface area contributed by atoms with Gasteiger partial charge in [-0.05, 0) is 30.4 Å². The number of aromatic nitrogens is 1. The van der Waals surface area contributed by atoms with Gasteiger partial charge in [0.25, 0.3) is 5.91 Å². The van der Waals surface area contributed by atoms with Gasteiger partial charge in [0.15, 0.2) is 0 Å². The number of amides is 1. The Hall–Kier alpha value is -2.21. The van der Waals surface area contributed by atoms with Crippen molar-refractivity contribution in [2.75, 3.05) is 13.1 Å². The third kappa shape index (κ3) is 4.13. The maximum atomic E-state index is 12.4. The minimum atomic E-state index is -1.02. The number of rotatable bonds is 6. The standard InChI is InChI=1S/C15H16N2O3S/c1-11-13(10-21-16-11)15(20)17(9-14(18)19)8-7-12-5-3-2-4-6-12/h2-6,10H,7-9H2,1H3,(H,18,19). The van der Waals surface area contributed by atoms with E-state index in [2.05, 4.69) is 4.37 Å². The SMILES string of the molecule is Cc1nscc1C(=O)N(CCc1ccccc1)CC(=O)O. The van der Waals surface area contributed by atoms with Crippen LogP contribution < -0.4 is 0 Å². The number of nitrogens with zero attached hydrogens (tertiary/aromatic N) is 2. The van der Waals surface area contributed by atoms with E-state index in [9.17, 15) is 9.59 Å². The van der Waals surface area contributed by atoms with Crippen molar-refractivity contribution in [1.29, 1.82) is 0 Å². The summed E-state index contributed by atoms with van der Waals surface area (Å²) in [6, 6.07) is 9.68. The molecule has 0 saturated heterocycles. The number of hydrogen-bond donors (Lipinski definition) is 1. The van der Waals surface area contributed by atoms with Gasteiger partial charge >= 0.3 is 5.97 Å². The first kappa shape index (κ1) is 15.2. The number of carboxylic acid groups (broad SMARTS) is 1. The number of aliphatic carboxylic acids is 1. The van der Waals surface area contributed by atoms with Crippen LogP contribution in [0.2, 0.25) is 0 Å². The second-order valence-corrected chi connectivity index (χ2v) is 5.30. The molecule has 1 aromatic heterocycles. The Morgan fingerprint density at radius 2 is 2.00 bits per heavy atom. The van der Waals surface area contributed by atoms with Crippen LogP contribution in [0.4, 0.5) is 0 Å². The van der Waals surface area contributed by atoms with E-state index in [0.717, 1.165) is 5.56 Å². The summed E-state index contributed by atoms with van der Waals surface area (Å²) in [6.07, 6.45) is 0.622. The number of carboxylic acids is 1. The zero-order chi connectivity index (χ0) is 15.2. The maximum absolute atomic E-state index is 12.4. The Kier molecular flexibility index (Phi) is 5.05. The molecular formula is C15H16N2O3S. The summed E-state index contributed by atoms with van der Waals surface area (Å²) in [4.78, 5) is 24.7. The first-order chi connectivity index (χ1) is 10.1. The Morgan fingerprint density at radius 1 is 1.29 bits per heavy atom. The molecule has 0 bridgehead atoms. The molecule has 21 heavy (non-hydrogen) atoms. The topological polar surface area (TPSA) is 70.5 Å². The van der Waals surface area contributed by atoms with Crippen molar-refractivity contribution in [2.24, 2.45) is 0 Å². The molecule has 0 atom stereocenters. The summed E-state index contributed by atoms with van der Waals surface area (Å²) in [7, 11) is 0. The van der Waals surface area contributed by atoms with E-state index in [4.69, 9.17) is 5.11 Å². The molecule has 2 rings (SSSR count). The summed E-state index contributed by atoms with van der Waals surface area (Å²) in [6.45, 7) is 1.81. The van der Waals surface area contributed by atoms with E-state index in [1.807, 2.05) is 30.3 Å². The molecule has 5 nitrogen and oxygen atoms in total. The van der Waals surface area contributed by atoms with Gasteiger partial charge in [-0.15, -0.1) is 0 Å². The van der Waals surface area contributed by atoms with Gasteiger partial charge in [-0.25, -0.2) is 0 Å². The van der Waals surface area contributed by atoms with Crippen LogP contribution in [0, 0.1) is 6.92 Å². The van der Waals surface area contributed by atoms with E-state index in [1.165, 1.54) is 16.4 Å². The van der Waals surface area contributed by atoms with Gasteiger partial charge in [-0.1, -0.05) is 30.3 Å². The molecule has 1 aromatic carbocycles. The van der Waals surface area contributed by atoms with Crippen LogP contribution in [0.1, 0.15) is 21.6 Å². The summed E-state index contributed by atoms with van der Waals surface area (Å²) in [5.74, 6) is -1.29. The summed E-state index contributed by atoms with van der Waals surface area (Å²) < 4.78 is 4.06. The fourth-order valence-corrected chi connectivity index (χ4v) is 2.68. The van der Waals surface area contributed by atoms with Gasteiger partial charge in [0, 0.05) is 11.9 Å². The normalized spacial score (nSPS) is 10.3. The molecule has 0 aliphatic heterocycles. The number of carbonyl (C=O) groups is 2. The minimum absolute atomic E-state index is 0.278.